The van der Waals surface area contributed by atoms with E-state index in [9.17, 15) is 9.59 Å². The molecule has 0 aliphatic heterocycles. The van der Waals surface area contributed by atoms with Crippen molar-refractivity contribution in [1.29, 1.82) is 0 Å². The summed E-state index contributed by atoms with van der Waals surface area (Å²) in [4.78, 5) is 24.8. The van der Waals surface area contributed by atoms with Crippen molar-refractivity contribution in [2.45, 2.75) is 51.5 Å². The van der Waals surface area contributed by atoms with Crippen LogP contribution in [0.15, 0.2) is 42.7 Å². The van der Waals surface area contributed by atoms with Crippen LogP contribution in [0.1, 0.15) is 50.5 Å². The number of hydrogen-bond donors (Lipinski definition) is 2. The fourth-order valence-electron chi connectivity index (χ4n) is 6.52. The summed E-state index contributed by atoms with van der Waals surface area (Å²) in [5.41, 5.74) is 2.11. The van der Waals surface area contributed by atoms with Gasteiger partial charge >= 0.3 is 0 Å². The molecule has 4 bridgehead atoms. The maximum Gasteiger partial charge on any atom is 0.239 e. The second-order valence-electron chi connectivity index (χ2n) is 9.78. The maximum atomic E-state index is 12.6. The molecular weight excluding hydrogens is 376 g/mol. The fraction of sp³-hybridized carbons (Fsp3) is 0.542. The van der Waals surface area contributed by atoms with Gasteiger partial charge in [-0.1, -0.05) is 18.2 Å². The minimum absolute atomic E-state index is 0.0315. The Morgan fingerprint density at radius 1 is 0.967 bits per heavy atom. The van der Waals surface area contributed by atoms with Gasteiger partial charge in [0.1, 0.15) is 0 Å². The molecular formula is C24H30N4O2. The number of para-hydroxylation sites is 1. The fourth-order valence-corrected chi connectivity index (χ4v) is 6.52. The summed E-state index contributed by atoms with van der Waals surface area (Å²) in [6.07, 6.45) is 12.0. The number of benzene rings is 1. The lowest BCUT2D eigenvalue weighted by molar-refractivity contribution is -0.131. The van der Waals surface area contributed by atoms with Gasteiger partial charge in [0.15, 0.2) is 0 Å². The highest BCUT2D eigenvalue weighted by molar-refractivity contribution is 5.84. The molecule has 0 spiro atoms. The maximum absolute atomic E-state index is 12.6. The molecule has 6 rings (SSSR count). The number of aromatic nitrogens is 2. The Kier molecular flexibility index (Phi) is 5.09. The molecule has 4 aliphatic rings. The van der Waals surface area contributed by atoms with E-state index in [1.807, 2.05) is 36.5 Å². The molecule has 4 fully saturated rings. The minimum Gasteiger partial charge on any atom is -0.350 e. The van der Waals surface area contributed by atoms with Crippen LogP contribution < -0.4 is 10.6 Å². The quantitative estimate of drug-likeness (QED) is 0.741. The molecule has 0 unspecified atom stereocenters. The van der Waals surface area contributed by atoms with E-state index in [2.05, 4.69) is 15.7 Å². The molecule has 1 heterocycles. The zero-order valence-corrected chi connectivity index (χ0v) is 17.3. The van der Waals surface area contributed by atoms with Crippen molar-refractivity contribution in [3.63, 3.8) is 0 Å². The first-order valence-corrected chi connectivity index (χ1v) is 11.2. The summed E-state index contributed by atoms with van der Waals surface area (Å²) >= 11 is 0. The number of nitrogens with zero attached hydrogens (tertiary/aromatic N) is 2. The van der Waals surface area contributed by atoms with Crippen molar-refractivity contribution in [2.75, 3.05) is 6.54 Å². The van der Waals surface area contributed by atoms with Gasteiger partial charge in [0.05, 0.1) is 18.4 Å². The smallest absolute Gasteiger partial charge is 0.239 e. The van der Waals surface area contributed by atoms with E-state index in [-0.39, 0.29) is 23.8 Å². The monoisotopic (exact) mass is 406 g/mol. The van der Waals surface area contributed by atoms with Gasteiger partial charge in [-0.25, -0.2) is 4.68 Å². The van der Waals surface area contributed by atoms with Crippen LogP contribution in [-0.4, -0.2) is 28.1 Å². The summed E-state index contributed by atoms with van der Waals surface area (Å²) in [7, 11) is 0. The first-order valence-electron chi connectivity index (χ1n) is 11.2. The first kappa shape index (κ1) is 19.3. The Bertz CT molecular complexity index is 885. The number of carbonyl (C=O) groups is 2. The van der Waals surface area contributed by atoms with Crippen LogP contribution in [0.5, 0.6) is 0 Å². The highest BCUT2D eigenvalue weighted by Crippen LogP contribution is 2.61. The molecule has 6 nitrogen and oxygen atoms in total. The summed E-state index contributed by atoms with van der Waals surface area (Å²) in [6, 6.07) is 9.85. The molecule has 0 radical (unpaired) electrons. The Hall–Kier alpha value is -2.63. The van der Waals surface area contributed by atoms with Crippen LogP contribution in [0.2, 0.25) is 0 Å². The van der Waals surface area contributed by atoms with Gasteiger partial charge in [0.25, 0.3) is 0 Å². The van der Waals surface area contributed by atoms with Crippen molar-refractivity contribution < 1.29 is 9.59 Å². The van der Waals surface area contributed by atoms with Gasteiger partial charge in [0, 0.05) is 24.7 Å². The topological polar surface area (TPSA) is 76.0 Å². The number of nitrogens with one attached hydrogen (secondary N) is 2. The lowest BCUT2D eigenvalue weighted by atomic mass is 9.49. The van der Waals surface area contributed by atoms with Crippen molar-refractivity contribution in [2.24, 2.45) is 23.2 Å². The van der Waals surface area contributed by atoms with Gasteiger partial charge in [-0.2, -0.15) is 5.10 Å². The number of rotatable bonds is 7. The van der Waals surface area contributed by atoms with E-state index in [0.29, 0.717) is 13.0 Å². The van der Waals surface area contributed by atoms with E-state index >= 15 is 0 Å². The highest BCUT2D eigenvalue weighted by atomic mass is 16.2. The number of carbonyl (C=O) groups excluding carboxylic acids is 2. The molecule has 4 aliphatic carbocycles. The summed E-state index contributed by atoms with van der Waals surface area (Å²) < 4.78 is 1.79. The van der Waals surface area contributed by atoms with Gasteiger partial charge in [-0.3, -0.25) is 9.59 Å². The average Bonchev–Trinajstić information content (AvgIpc) is 3.19. The zero-order chi connectivity index (χ0) is 20.6. The lowest BCUT2D eigenvalue weighted by Crippen LogP contribution is -2.48. The van der Waals surface area contributed by atoms with Crippen molar-refractivity contribution >= 4 is 11.8 Å². The molecule has 4 saturated carbocycles. The molecule has 30 heavy (non-hydrogen) atoms. The molecule has 2 aromatic rings. The van der Waals surface area contributed by atoms with E-state index < -0.39 is 0 Å². The van der Waals surface area contributed by atoms with Gasteiger partial charge in [-0.05, 0) is 73.8 Å². The van der Waals surface area contributed by atoms with Crippen LogP contribution >= 0.6 is 0 Å². The van der Waals surface area contributed by atoms with E-state index in [0.717, 1.165) is 29.0 Å². The molecule has 6 heteroatoms. The highest BCUT2D eigenvalue weighted by Gasteiger charge is 2.51. The summed E-state index contributed by atoms with van der Waals surface area (Å²) in [5.74, 6) is 2.38. The third-order valence-corrected chi connectivity index (χ3v) is 7.29. The predicted octanol–water partition coefficient (Wildman–Crippen LogP) is 3.21. The number of amides is 2. The minimum atomic E-state index is -0.165. The number of hydrogen-bond acceptors (Lipinski definition) is 3. The van der Waals surface area contributed by atoms with Gasteiger partial charge < -0.3 is 10.6 Å². The van der Waals surface area contributed by atoms with Gasteiger partial charge in [0.2, 0.25) is 11.8 Å². The molecule has 2 N–H and O–H groups in total. The van der Waals surface area contributed by atoms with Crippen molar-refractivity contribution in [3.05, 3.63) is 48.3 Å². The molecule has 0 saturated heterocycles. The lowest BCUT2D eigenvalue weighted by Gasteiger charge is -2.56. The van der Waals surface area contributed by atoms with Crippen molar-refractivity contribution in [3.8, 4) is 5.69 Å². The zero-order valence-electron chi connectivity index (χ0n) is 17.3. The summed E-state index contributed by atoms with van der Waals surface area (Å²) in [6.45, 7) is 0.439. The predicted molar refractivity (Wildman–Crippen MR) is 114 cm³/mol. The van der Waals surface area contributed by atoms with Crippen LogP contribution in [0.25, 0.3) is 5.69 Å². The Balaban J connectivity index is 1.07. The van der Waals surface area contributed by atoms with Gasteiger partial charge in [-0.15, -0.1) is 0 Å². The van der Waals surface area contributed by atoms with E-state index in [4.69, 9.17) is 0 Å². The third kappa shape index (κ3) is 4.13. The molecule has 2 amide bonds. The molecule has 1 aromatic carbocycles. The average molecular weight is 407 g/mol. The molecule has 0 atom stereocenters. The van der Waals surface area contributed by atoms with Crippen molar-refractivity contribution in [1.82, 2.24) is 20.4 Å². The first-order chi connectivity index (χ1) is 14.6. The second-order valence-corrected chi connectivity index (χ2v) is 9.78. The largest absolute Gasteiger partial charge is 0.350 e. The Labute approximate surface area is 177 Å². The Morgan fingerprint density at radius 2 is 1.63 bits per heavy atom. The summed E-state index contributed by atoms with van der Waals surface area (Å²) in [5, 5.41) is 10.1. The second kappa shape index (κ2) is 7.89. The van der Waals surface area contributed by atoms with Crippen LogP contribution in [-0.2, 0) is 16.1 Å². The van der Waals surface area contributed by atoms with Crippen LogP contribution in [0, 0.1) is 23.2 Å². The van der Waals surface area contributed by atoms with Crippen LogP contribution in [0.3, 0.4) is 0 Å². The molecule has 1 aromatic heterocycles. The Morgan fingerprint density at radius 3 is 2.30 bits per heavy atom. The third-order valence-electron chi connectivity index (χ3n) is 7.29. The van der Waals surface area contributed by atoms with Crippen LogP contribution in [0.4, 0.5) is 0 Å². The molecule has 158 valence electrons. The van der Waals surface area contributed by atoms with E-state index in [1.165, 1.54) is 38.5 Å². The normalized spacial score (nSPS) is 29.0. The van der Waals surface area contributed by atoms with E-state index in [1.54, 1.807) is 10.9 Å². The standard InChI is InChI=1S/C24H30N4O2/c29-22(12-24-9-17-6-18(10-24)8-19(7-17)11-24)26-15-23(30)25-13-20-14-27-28(16-20)21-4-2-1-3-5-21/h1-5,14,16-19H,6-13,15H2,(H,25,30)(H,26,29). The SMILES string of the molecule is O=C(CNC(=O)CC12CC3CC(CC(C3)C1)C2)NCc1cnn(-c2ccccc2)c1.